The first kappa shape index (κ1) is 12.9. The van der Waals surface area contributed by atoms with E-state index in [1.807, 2.05) is 0 Å². The second kappa shape index (κ2) is 7.36. The fourth-order valence-corrected chi connectivity index (χ4v) is 0.893. The normalized spacial score (nSPS) is 14.1. The fourth-order valence-electron chi connectivity index (χ4n) is 0.893. The lowest BCUT2D eigenvalue weighted by molar-refractivity contribution is -0.122. The molecule has 0 saturated carbocycles. The largest absolute Gasteiger partial charge is 0.393 e. The number of carbonyl (C=O) groups is 1. The number of nitrogens with one attached hydrogen (secondary N) is 2. The summed E-state index contributed by atoms with van der Waals surface area (Å²) in [6.45, 7) is 4.34. The monoisotopic (exact) mass is 198 g/mol. The molecule has 0 aromatic carbocycles. The highest BCUT2D eigenvalue weighted by Gasteiger charge is 2.10. The van der Waals surface area contributed by atoms with Gasteiger partial charge < -0.3 is 15.7 Å². The molecule has 14 heavy (non-hydrogen) atoms. The third-order valence-corrected chi connectivity index (χ3v) is 1.77. The summed E-state index contributed by atoms with van der Waals surface area (Å²) in [6, 6.07) is -0.276. The first-order valence-electron chi connectivity index (χ1n) is 4.70. The lowest BCUT2D eigenvalue weighted by Gasteiger charge is -2.13. The number of aliphatic hydroxyl groups is 1. The summed E-state index contributed by atoms with van der Waals surface area (Å²) in [5, 5.41) is 14.5. The van der Waals surface area contributed by atoms with Crippen molar-refractivity contribution in [3.8, 4) is 12.3 Å². The van der Waals surface area contributed by atoms with E-state index in [0.717, 1.165) is 0 Å². The van der Waals surface area contributed by atoms with Crippen LogP contribution in [0, 0.1) is 12.3 Å². The van der Waals surface area contributed by atoms with E-state index < -0.39 is 0 Å². The highest BCUT2D eigenvalue weighted by atomic mass is 16.3. The number of rotatable bonds is 6. The highest BCUT2D eigenvalue weighted by molar-refractivity contribution is 5.81. The van der Waals surface area contributed by atoms with E-state index in [0.29, 0.717) is 13.0 Å². The number of aliphatic hydroxyl groups excluding tert-OH is 1. The average molecular weight is 198 g/mol. The summed E-state index contributed by atoms with van der Waals surface area (Å²) in [5.74, 6) is 2.21. The van der Waals surface area contributed by atoms with E-state index in [2.05, 4.69) is 16.6 Å². The van der Waals surface area contributed by atoms with Crippen LogP contribution in [0.2, 0.25) is 0 Å². The van der Waals surface area contributed by atoms with Crippen molar-refractivity contribution in [3.63, 3.8) is 0 Å². The maximum absolute atomic E-state index is 11.2. The van der Waals surface area contributed by atoms with Crippen molar-refractivity contribution in [3.05, 3.63) is 0 Å². The molecule has 0 aliphatic rings. The van der Waals surface area contributed by atoms with Crippen LogP contribution in [0.1, 0.15) is 20.3 Å². The molecule has 2 unspecified atom stereocenters. The van der Waals surface area contributed by atoms with Gasteiger partial charge in [0.1, 0.15) is 0 Å². The zero-order valence-electron chi connectivity index (χ0n) is 8.71. The van der Waals surface area contributed by atoms with Gasteiger partial charge in [0.2, 0.25) is 5.91 Å². The zero-order valence-corrected chi connectivity index (χ0v) is 8.71. The number of carbonyl (C=O) groups excluding carboxylic acids is 1. The smallest absolute Gasteiger partial charge is 0.237 e. The first-order valence-corrected chi connectivity index (χ1v) is 4.70. The molecule has 0 aromatic heterocycles. The summed E-state index contributed by atoms with van der Waals surface area (Å²) in [4.78, 5) is 11.2. The minimum atomic E-state index is -0.344. The van der Waals surface area contributed by atoms with Gasteiger partial charge in [-0.2, -0.15) is 0 Å². The van der Waals surface area contributed by atoms with Crippen molar-refractivity contribution < 1.29 is 9.90 Å². The summed E-state index contributed by atoms with van der Waals surface area (Å²) in [6.07, 6.45) is 5.29. The van der Waals surface area contributed by atoms with Gasteiger partial charge in [0.25, 0.3) is 0 Å². The van der Waals surface area contributed by atoms with Crippen LogP contribution >= 0.6 is 0 Å². The van der Waals surface area contributed by atoms with Crippen LogP contribution in [0.3, 0.4) is 0 Å². The van der Waals surface area contributed by atoms with Crippen molar-refractivity contribution >= 4 is 5.91 Å². The molecule has 0 bridgehead atoms. The van der Waals surface area contributed by atoms with Gasteiger partial charge in [0.05, 0.1) is 18.7 Å². The Morgan fingerprint density at radius 1 is 1.57 bits per heavy atom. The molecule has 3 N–H and O–H groups in total. The number of amides is 1. The Morgan fingerprint density at radius 3 is 2.71 bits per heavy atom. The quantitative estimate of drug-likeness (QED) is 0.503. The van der Waals surface area contributed by atoms with E-state index in [1.165, 1.54) is 0 Å². The van der Waals surface area contributed by atoms with Gasteiger partial charge in [0.15, 0.2) is 0 Å². The van der Waals surface area contributed by atoms with Gasteiger partial charge in [-0.05, 0) is 26.8 Å². The van der Waals surface area contributed by atoms with E-state index in [9.17, 15) is 4.79 Å². The molecule has 0 saturated heterocycles. The van der Waals surface area contributed by atoms with Gasteiger partial charge in [-0.3, -0.25) is 4.79 Å². The van der Waals surface area contributed by atoms with Crippen molar-refractivity contribution in [2.24, 2.45) is 0 Å². The fraction of sp³-hybridized carbons (Fsp3) is 0.700. The van der Waals surface area contributed by atoms with Crippen LogP contribution < -0.4 is 10.6 Å². The predicted octanol–water partition coefficient (Wildman–Crippen LogP) is -0.515. The van der Waals surface area contributed by atoms with Crippen LogP contribution in [-0.4, -0.2) is 36.2 Å². The van der Waals surface area contributed by atoms with Gasteiger partial charge in [-0.25, -0.2) is 0 Å². The molecule has 4 heteroatoms. The molecule has 0 spiro atoms. The maximum atomic E-state index is 11.2. The minimum Gasteiger partial charge on any atom is -0.393 e. The third kappa shape index (κ3) is 6.46. The van der Waals surface area contributed by atoms with Crippen LogP contribution in [0.25, 0.3) is 0 Å². The molecule has 0 aliphatic heterocycles. The van der Waals surface area contributed by atoms with E-state index in [-0.39, 0.29) is 24.6 Å². The van der Waals surface area contributed by atoms with Crippen molar-refractivity contribution in [2.75, 3.05) is 13.1 Å². The lowest BCUT2D eigenvalue weighted by atomic mass is 10.2. The molecule has 2 atom stereocenters. The highest BCUT2D eigenvalue weighted by Crippen LogP contribution is 1.88. The SMILES string of the molecule is C#CCNC(=O)C(C)NCCC(C)O. The third-order valence-electron chi connectivity index (χ3n) is 1.77. The topological polar surface area (TPSA) is 61.4 Å². The Bertz CT molecular complexity index is 209. The predicted molar refractivity (Wildman–Crippen MR) is 55.6 cm³/mol. The van der Waals surface area contributed by atoms with E-state index in [4.69, 9.17) is 11.5 Å². The molecular weight excluding hydrogens is 180 g/mol. The number of hydrogen-bond acceptors (Lipinski definition) is 3. The molecule has 0 heterocycles. The summed E-state index contributed by atoms with van der Waals surface area (Å²) < 4.78 is 0. The van der Waals surface area contributed by atoms with Crippen molar-refractivity contribution in [1.29, 1.82) is 0 Å². The second-order valence-electron chi connectivity index (χ2n) is 3.24. The molecule has 80 valence electrons. The van der Waals surface area contributed by atoms with Gasteiger partial charge in [0, 0.05) is 0 Å². The Kier molecular flexibility index (Phi) is 6.81. The molecule has 0 radical (unpaired) electrons. The Hall–Kier alpha value is -1.05. The summed E-state index contributed by atoms with van der Waals surface area (Å²) in [5.41, 5.74) is 0. The Morgan fingerprint density at radius 2 is 2.21 bits per heavy atom. The van der Waals surface area contributed by atoms with E-state index >= 15 is 0 Å². The molecular formula is C10H18N2O2. The lowest BCUT2D eigenvalue weighted by Crippen LogP contribution is -2.43. The van der Waals surface area contributed by atoms with Crippen LogP contribution in [0.15, 0.2) is 0 Å². The Balaban J connectivity index is 3.58. The first-order chi connectivity index (χ1) is 6.57. The standard InChI is InChI=1S/C10H18N2O2/c1-4-6-12-10(14)9(3)11-7-5-8(2)13/h1,8-9,11,13H,5-7H2,2-3H3,(H,12,14). The maximum Gasteiger partial charge on any atom is 0.237 e. The Labute approximate surface area is 85.1 Å². The molecule has 4 nitrogen and oxygen atoms in total. The van der Waals surface area contributed by atoms with Crippen LogP contribution in [0.5, 0.6) is 0 Å². The van der Waals surface area contributed by atoms with Gasteiger partial charge >= 0.3 is 0 Å². The van der Waals surface area contributed by atoms with E-state index in [1.54, 1.807) is 13.8 Å². The molecule has 0 fully saturated rings. The van der Waals surface area contributed by atoms with Gasteiger partial charge in [-0.15, -0.1) is 6.42 Å². The number of terminal acetylenes is 1. The molecule has 0 aliphatic carbocycles. The molecule has 0 rings (SSSR count). The summed E-state index contributed by atoms with van der Waals surface area (Å²) in [7, 11) is 0. The van der Waals surface area contributed by atoms with Crippen molar-refractivity contribution in [1.82, 2.24) is 10.6 Å². The molecule has 1 amide bonds. The minimum absolute atomic E-state index is 0.117. The second-order valence-corrected chi connectivity index (χ2v) is 3.24. The number of hydrogen-bond donors (Lipinski definition) is 3. The van der Waals surface area contributed by atoms with Crippen LogP contribution in [0.4, 0.5) is 0 Å². The van der Waals surface area contributed by atoms with Gasteiger partial charge in [-0.1, -0.05) is 5.92 Å². The molecule has 0 aromatic rings. The van der Waals surface area contributed by atoms with Crippen molar-refractivity contribution in [2.45, 2.75) is 32.4 Å². The average Bonchev–Trinajstić information content (AvgIpc) is 2.13. The van der Waals surface area contributed by atoms with Crippen LogP contribution in [-0.2, 0) is 4.79 Å². The zero-order chi connectivity index (χ0) is 11.0. The summed E-state index contributed by atoms with van der Waals surface area (Å²) >= 11 is 0.